The molecule has 28 heavy (non-hydrogen) atoms. The summed E-state index contributed by atoms with van der Waals surface area (Å²) in [7, 11) is 1.81. The first kappa shape index (κ1) is 20.8. The van der Waals surface area contributed by atoms with Gasteiger partial charge in [-0.3, -0.25) is 9.89 Å². The van der Waals surface area contributed by atoms with Gasteiger partial charge in [-0.1, -0.05) is 23.8 Å². The Morgan fingerprint density at radius 3 is 2.71 bits per heavy atom. The predicted molar refractivity (Wildman–Crippen MR) is 108 cm³/mol. The number of primary amides is 1. The Morgan fingerprint density at radius 2 is 2.11 bits per heavy atom. The highest BCUT2D eigenvalue weighted by Gasteiger charge is 2.53. The molecule has 1 aromatic carbocycles. The summed E-state index contributed by atoms with van der Waals surface area (Å²) < 4.78 is 6.26. The van der Waals surface area contributed by atoms with Crippen molar-refractivity contribution >= 4 is 18.3 Å². The van der Waals surface area contributed by atoms with Gasteiger partial charge in [-0.15, -0.1) is 17.5 Å². The van der Waals surface area contributed by atoms with Crippen molar-refractivity contribution in [1.29, 1.82) is 0 Å². The number of benzene rings is 1. The zero-order valence-electron chi connectivity index (χ0n) is 16.1. The van der Waals surface area contributed by atoms with E-state index in [4.69, 9.17) is 10.5 Å². The van der Waals surface area contributed by atoms with E-state index in [1.807, 2.05) is 25.4 Å². The van der Waals surface area contributed by atoms with Gasteiger partial charge in [-0.25, -0.2) is 0 Å². The van der Waals surface area contributed by atoms with Crippen LogP contribution in [0.25, 0.3) is 0 Å². The van der Waals surface area contributed by atoms with Crippen molar-refractivity contribution in [2.24, 2.45) is 17.6 Å². The van der Waals surface area contributed by atoms with Crippen molar-refractivity contribution in [3.8, 4) is 0 Å². The number of nitrogens with one attached hydrogen (secondary N) is 1. The van der Waals surface area contributed by atoms with E-state index in [9.17, 15) is 4.79 Å². The molecule has 1 aromatic heterocycles. The lowest BCUT2D eigenvalue weighted by Gasteiger charge is -2.55. The highest BCUT2D eigenvalue weighted by Crippen LogP contribution is 2.51. The largest absolute Gasteiger partial charge is 0.373 e. The summed E-state index contributed by atoms with van der Waals surface area (Å²) in [6.07, 6.45) is 6.25. The highest BCUT2D eigenvalue weighted by molar-refractivity contribution is 5.92. The van der Waals surface area contributed by atoms with Gasteiger partial charge in [-0.2, -0.15) is 0 Å². The number of aromatic nitrogens is 3. The molecular formula is C20H28ClN5O2. The minimum atomic E-state index is -0.390. The predicted octanol–water partition coefficient (Wildman–Crippen LogP) is 2.14. The van der Waals surface area contributed by atoms with Gasteiger partial charge < -0.3 is 15.4 Å². The van der Waals surface area contributed by atoms with Crippen LogP contribution in [0, 0.1) is 11.8 Å². The molecule has 0 spiro atoms. The van der Waals surface area contributed by atoms with Gasteiger partial charge in [0.05, 0.1) is 5.69 Å². The van der Waals surface area contributed by atoms with E-state index in [-0.39, 0.29) is 18.0 Å². The number of rotatable bonds is 6. The van der Waals surface area contributed by atoms with Crippen LogP contribution in [0.4, 0.5) is 0 Å². The van der Waals surface area contributed by atoms with E-state index >= 15 is 0 Å². The summed E-state index contributed by atoms with van der Waals surface area (Å²) in [6.45, 7) is 2.95. The Bertz CT molecular complexity index is 784. The molecule has 8 heteroatoms. The summed E-state index contributed by atoms with van der Waals surface area (Å²) in [5.41, 5.74) is 7.82. The summed E-state index contributed by atoms with van der Waals surface area (Å²) in [5, 5.41) is 10.7. The third-order valence-electron chi connectivity index (χ3n) is 6.36. The molecule has 1 amide bonds. The van der Waals surface area contributed by atoms with E-state index in [0.717, 1.165) is 50.2 Å². The Labute approximate surface area is 171 Å². The quantitative estimate of drug-likeness (QED) is 0.767. The van der Waals surface area contributed by atoms with Gasteiger partial charge in [0, 0.05) is 56.8 Å². The summed E-state index contributed by atoms with van der Waals surface area (Å²) in [4.78, 5) is 14.2. The maximum absolute atomic E-state index is 11.7. The van der Waals surface area contributed by atoms with Crippen molar-refractivity contribution in [2.75, 3.05) is 26.7 Å². The van der Waals surface area contributed by atoms with Crippen LogP contribution in [0.15, 0.2) is 30.5 Å². The number of nitrogens with zero attached hydrogens (tertiary/aromatic N) is 3. The fraction of sp³-hybridized carbons (Fsp3) is 0.550. The molecule has 1 saturated carbocycles. The van der Waals surface area contributed by atoms with E-state index in [1.165, 1.54) is 6.42 Å². The second-order valence-electron chi connectivity index (χ2n) is 7.74. The molecule has 0 unspecified atom stereocenters. The van der Waals surface area contributed by atoms with Crippen LogP contribution in [0.3, 0.4) is 0 Å². The number of hydrogen-bond acceptors (Lipinski definition) is 5. The summed E-state index contributed by atoms with van der Waals surface area (Å²) in [5.74, 6) is 0.407. The number of H-pyrrole nitrogens is 1. The minimum Gasteiger partial charge on any atom is -0.373 e. The number of nitrogens with two attached hydrogens (primary N) is 1. The average molecular weight is 406 g/mol. The molecule has 0 radical (unpaired) electrons. The molecule has 2 aliphatic rings. The number of carbonyl (C=O) groups is 1. The molecular weight excluding hydrogens is 378 g/mol. The first-order chi connectivity index (χ1) is 13.1. The topological polar surface area (TPSA) is 97.1 Å². The van der Waals surface area contributed by atoms with Crippen LogP contribution >= 0.6 is 12.4 Å². The molecule has 1 saturated heterocycles. The third kappa shape index (κ3) is 3.66. The second-order valence-corrected chi connectivity index (χ2v) is 7.74. The minimum absolute atomic E-state index is 0. The highest BCUT2D eigenvalue weighted by atomic mass is 35.5. The standard InChI is InChI=1S/C20H27N5O2.ClH/c1-27-20(15-5-2-4-14(10-15)19(21)26)16-6-3-7-17(20)13-25(12-16)9-8-18-11-22-24-23-18;/h2,4-5,10-11,16-17H,3,6-9,12-13H2,1H3,(H2,21,26)(H,22,23,24);1H/t16-,17+,20-;. The number of hydrogen-bond donors (Lipinski definition) is 2. The molecule has 2 fully saturated rings. The number of halogens is 1. The number of methoxy groups -OCH3 is 1. The smallest absolute Gasteiger partial charge is 0.248 e. The molecule has 2 bridgehead atoms. The van der Waals surface area contributed by atoms with Crippen LogP contribution in [-0.4, -0.2) is 53.0 Å². The van der Waals surface area contributed by atoms with Gasteiger partial charge >= 0.3 is 0 Å². The molecule has 2 aromatic rings. The normalized spacial score (nSPS) is 27.2. The van der Waals surface area contributed by atoms with Crippen molar-refractivity contribution in [1.82, 2.24) is 20.3 Å². The zero-order valence-corrected chi connectivity index (χ0v) is 17.0. The van der Waals surface area contributed by atoms with Gasteiger partial charge in [-0.05, 0) is 30.5 Å². The lowest BCUT2D eigenvalue weighted by Crippen LogP contribution is -2.59. The molecule has 1 aliphatic heterocycles. The van der Waals surface area contributed by atoms with Gasteiger partial charge in [0.1, 0.15) is 5.60 Å². The summed E-state index contributed by atoms with van der Waals surface area (Å²) in [6, 6.07) is 7.72. The van der Waals surface area contributed by atoms with Crippen molar-refractivity contribution in [3.63, 3.8) is 0 Å². The molecule has 3 atom stereocenters. The number of likely N-dealkylation sites (tertiary alicyclic amines) is 1. The number of fused-ring (bicyclic) bond motifs is 2. The van der Waals surface area contributed by atoms with Crippen molar-refractivity contribution < 1.29 is 9.53 Å². The average Bonchev–Trinajstić information content (AvgIpc) is 3.19. The van der Waals surface area contributed by atoms with Gasteiger partial charge in [0.15, 0.2) is 0 Å². The van der Waals surface area contributed by atoms with Crippen LogP contribution < -0.4 is 5.73 Å². The van der Waals surface area contributed by atoms with Crippen LogP contribution in [0.2, 0.25) is 0 Å². The van der Waals surface area contributed by atoms with Crippen molar-refractivity contribution in [2.45, 2.75) is 31.3 Å². The monoisotopic (exact) mass is 405 g/mol. The SMILES string of the molecule is CO[C@]1(c2cccc(C(N)=O)c2)[C@@H]2CCC[C@H]1CN(CCc1c[nH]nn1)C2.Cl. The Hall–Kier alpha value is -1.96. The lowest BCUT2D eigenvalue weighted by molar-refractivity contribution is -0.168. The maximum Gasteiger partial charge on any atom is 0.248 e. The fourth-order valence-electron chi connectivity index (χ4n) is 5.17. The Morgan fingerprint density at radius 1 is 1.36 bits per heavy atom. The second kappa shape index (κ2) is 8.59. The molecule has 1 aliphatic carbocycles. The number of amides is 1. The number of aromatic amines is 1. The van der Waals surface area contributed by atoms with E-state index in [2.05, 4.69) is 26.4 Å². The van der Waals surface area contributed by atoms with Crippen LogP contribution in [0.1, 0.15) is 40.9 Å². The molecule has 2 heterocycles. The summed E-state index contributed by atoms with van der Waals surface area (Å²) >= 11 is 0. The zero-order chi connectivity index (χ0) is 18.9. The van der Waals surface area contributed by atoms with Gasteiger partial charge in [0.2, 0.25) is 5.91 Å². The van der Waals surface area contributed by atoms with Crippen LogP contribution in [-0.2, 0) is 16.8 Å². The van der Waals surface area contributed by atoms with Gasteiger partial charge in [0.25, 0.3) is 0 Å². The Balaban J connectivity index is 0.00000225. The third-order valence-corrected chi connectivity index (χ3v) is 6.36. The van der Waals surface area contributed by atoms with Crippen molar-refractivity contribution in [3.05, 3.63) is 47.3 Å². The lowest BCUT2D eigenvalue weighted by atomic mass is 9.62. The first-order valence-corrected chi connectivity index (χ1v) is 9.66. The number of ether oxygens (including phenoxy) is 1. The molecule has 3 N–H and O–H groups in total. The Kier molecular flexibility index (Phi) is 6.37. The molecule has 152 valence electrons. The van der Waals surface area contributed by atoms with Crippen LogP contribution in [0.5, 0.6) is 0 Å². The maximum atomic E-state index is 11.7. The van der Waals surface area contributed by atoms with E-state index in [1.54, 1.807) is 6.07 Å². The number of carbonyl (C=O) groups excluding carboxylic acids is 1. The molecule has 7 nitrogen and oxygen atoms in total. The van der Waals surface area contributed by atoms with E-state index < -0.39 is 5.91 Å². The first-order valence-electron chi connectivity index (χ1n) is 9.66. The fourth-order valence-corrected chi connectivity index (χ4v) is 5.17. The van der Waals surface area contributed by atoms with E-state index in [0.29, 0.717) is 17.4 Å². The molecule has 4 rings (SSSR count). The number of piperidine rings is 1.